The van der Waals surface area contributed by atoms with Crippen molar-refractivity contribution < 1.29 is 13.2 Å². The van der Waals surface area contributed by atoms with Gasteiger partial charge in [0, 0.05) is 12.8 Å². The maximum absolute atomic E-state index is 11.5. The van der Waals surface area contributed by atoms with Crippen molar-refractivity contribution in [2.24, 2.45) is 0 Å². The van der Waals surface area contributed by atoms with Gasteiger partial charge in [-0.25, -0.2) is 8.42 Å². The van der Waals surface area contributed by atoms with Crippen LogP contribution in [0.3, 0.4) is 0 Å². The molecule has 4 nitrogen and oxygen atoms in total. The average molecular weight is 271 g/mol. The molecule has 1 rings (SSSR count). The highest BCUT2D eigenvalue weighted by atomic mass is 32.2. The maximum Gasteiger partial charge on any atom is 0.175 e. The quantitative estimate of drug-likeness (QED) is 0.768. The predicted octanol–water partition coefficient (Wildman–Crippen LogP) is 1.78. The first-order valence-electron chi connectivity index (χ1n) is 6.08. The van der Waals surface area contributed by atoms with Crippen LogP contribution in [-0.4, -0.2) is 34.4 Å². The molecule has 0 fully saturated rings. The van der Waals surface area contributed by atoms with Crippen molar-refractivity contribution in [3.05, 3.63) is 23.8 Å². The molecule has 102 valence electrons. The van der Waals surface area contributed by atoms with Crippen molar-refractivity contribution >= 4 is 9.84 Å². The highest BCUT2D eigenvalue weighted by Crippen LogP contribution is 2.20. The summed E-state index contributed by atoms with van der Waals surface area (Å²) < 4.78 is 28.5. The Bertz CT molecular complexity index is 483. The SMILES string of the molecule is CCCNCCOc1cc(C)cc(S(C)(=O)=O)c1. The second-order valence-electron chi connectivity index (χ2n) is 4.35. The molecule has 0 unspecified atom stereocenters. The zero-order valence-corrected chi connectivity index (χ0v) is 12.0. The molecule has 0 bridgehead atoms. The molecule has 0 spiro atoms. The van der Waals surface area contributed by atoms with Gasteiger partial charge in [0.25, 0.3) is 0 Å². The van der Waals surface area contributed by atoms with Gasteiger partial charge >= 0.3 is 0 Å². The Balaban J connectivity index is 2.64. The van der Waals surface area contributed by atoms with E-state index in [1.165, 1.54) is 6.26 Å². The monoisotopic (exact) mass is 271 g/mol. The van der Waals surface area contributed by atoms with Crippen molar-refractivity contribution in [3.8, 4) is 5.75 Å². The molecule has 1 N–H and O–H groups in total. The van der Waals surface area contributed by atoms with E-state index in [0.717, 1.165) is 25.1 Å². The first-order chi connectivity index (χ1) is 8.43. The van der Waals surface area contributed by atoms with Crippen molar-refractivity contribution in [1.82, 2.24) is 5.32 Å². The Hall–Kier alpha value is -1.07. The van der Waals surface area contributed by atoms with Gasteiger partial charge in [-0.2, -0.15) is 0 Å². The Morgan fingerprint density at radius 1 is 1.22 bits per heavy atom. The molecule has 0 aliphatic heterocycles. The summed E-state index contributed by atoms with van der Waals surface area (Å²) in [6.45, 7) is 6.22. The van der Waals surface area contributed by atoms with Gasteiger partial charge in [0.1, 0.15) is 12.4 Å². The van der Waals surface area contributed by atoms with Gasteiger partial charge in [0.05, 0.1) is 4.90 Å². The summed E-state index contributed by atoms with van der Waals surface area (Å²) in [6, 6.07) is 5.06. The van der Waals surface area contributed by atoms with E-state index in [0.29, 0.717) is 17.3 Å². The van der Waals surface area contributed by atoms with Crippen molar-refractivity contribution in [2.75, 3.05) is 26.0 Å². The molecule has 1 aromatic carbocycles. The molecule has 0 saturated carbocycles. The zero-order chi connectivity index (χ0) is 13.6. The fraction of sp³-hybridized carbons (Fsp3) is 0.538. The first-order valence-corrected chi connectivity index (χ1v) is 7.98. The van der Waals surface area contributed by atoms with Crippen molar-refractivity contribution in [2.45, 2.75) is 25.2 Å². The van der Waals surface area contributed by atoms with E-state index in [-0.39, 0.29) is 0 Å². The van der Waals surface area contributed by atoms with E-state index in [1.54, 1.807) is 12.1 Å². The van der Waals surface area contributed by atoms with E-state index >= 15 is 0 Å². The van der Waals surface area contributed by atoms with E-state index in [4.69, 9.17) is 4.74 Å². The Kier molecular flexibility index (Phi) is 5.62. The summed E-state index contributed by atoms with van der Waals surface area (Å²) in [7, 11) is -3.18. The van der Waals surface area contributed by atoms with Gasteiger partial charge in [-0.1, -0.05) is 6.92 Å². The number of benzene rings is 1. The van der Waals surface area contributed by atoms with E-state index in [9.17, 15) is 8.42 Å². The summed E-state index contributed by atoms with van der Waals surface area (Å²) in [5.74, 6) is 0.605. The second kappa shape index (κ2) is 6.75. The van der Waals surface area contributed by atoms with Crippen LogP contribution in [-0.2, 0) is 9.84 Å². The average Bonchev–Trinajstić information content (AvgIpc) is 2.27. The van der Waals surface area contributed by atoms with Gasteiger partial charge in [0.15, 0.2) is 9.84 Å². The summed E-state index contributed by atoms with van der Waals surface area (Å²) >= 11 is 0. The van der Waals surface area contributed by atoms with Gasteiger partial charge in [-0.15, -0.1) is 0 Å². The maximum atomic E-state index is 11.5. The molecule has 0 saturated heterocycles. The van der Waals surface area contributed by atoms with Crippen LogP contribution in [0, 0.1) is 6.92 Å². The molecule has 0 aliphatic carbocycles. The lowest BCUT2D eigenvalue weighted by molar-refractivity contribution is 0.313. The molecule has 0 aliphatic rings. The van der Waals surface area contributed by atoms with Crippen LogP contribution in [0.15, 0.2) is 23.1 Å². The highest BCUT2D eigenvalue weighted by molar-refractivity contribution is 7.90. The summed E-state index contributed by atoms with van der Waals surface area (Å²) in [5, 5.41) is 3.22. The Labute approximate surface area is 109 Å². The third-order valence-electron chi connectivity index (χ3n) is 2.43. The van der Waals surface area contributed by atoms with E-state index < -0.39 is 9.84 Å². The van der Waals surface area contributed by atoms with Crippen LogP contribution in [0.1, 0.15) is 18.9 Å². The smallest absolute Gasteiger partial charge is 0.175 e. The van der Waals surface area contributed by atoms with Gasteiger partial charge in [-0.3, -0.25) is 0 Å². The standard InChI is InChI=1S/C13H21NO3S/c1-4-5-14-6-7-17-12-8-11(2)9-13(10-12)18(3,15)16/h8-10,14H,4-7H2,1-3H3. The van der Waals surface area contributed by atoms with Crippen molar-refractivity contribution in [1.29, 1.82) is 0 Å². The van der Waals surface area contributed by atoms with Crippen molar-refractivity contribution in [3.63, 3.8) is 0 Å². The van der Waals surface area contributed by atoms with Crippen LogP contribution in [0.25, 0.3) is 0 Å². The minimum absolute atomic E-state index is 0.305. The molecular formula is C13H21NO3S. The normalized spacial score (nSPS) is 11.5. The molecule has 0 aromatic heterocycles. The predicted molar refractivity (Wildman–Crippen MR) is 72.9 cm³/mol. The molecule has 0 heterocycles. The number of aryl methyl sites for hydroxylation is 1. The lowest BCUT2D eigenvalue weighted by Gasteiger charge is -2.09. The third kappa shape index (κ3) is 5.06. The van der Waals surface area contributed by atoms with E-state index in [2.05, 4.69) is 12.2 Å². The number of ether oxygens (including phenoxy) is 1. The molecule has 18 heavy (non-hydrogen) atoms. The zero-order valence-electron chi connectivity index (χ0n) is 11.2. The number of hydrogen-bond donors (Lipinski definition) is 1. The summed E-state index contributed by atoms with van der Waals surface area (Å²) in [4.78, 5) is 0.305. The lowest BCUT2D eigenvalue weighted by Crippen LogP contribution is -2.21. The van der Waals surface area contributed by atoms with Crippen LogP contribution >= 0.6 is 0 Å². The molecular weight excluding hydrogens is 250 g/mol. The van der Waals surface area contributed by atoms with Crippen LogP contribution in [0.2, 0.25) is 0 Å². The Morgan fingerprint density at radius 2 is 1.94 bits per heavy atom. The fourth-order valence-electron chi connectivity index (χ4n) is 1.55. The van der Waals surface area contributed by atoms with Crippen LogP contribution in [0.5, 0.6) is 5.75 Å². The van der Waals surface area contributed by atoms with Crippen LogP contribution in [0.4, 0.5) is 0 Å². The molecule has 0 amide bonds. The van der Waals surface area contributed by atoms with Crippen LogP contribution < -0.4 is 10.1 Å². The number of sulfone groups is 1. The summed E-state index contributed by atoms with van der Waals surface area (Å²) in [6.07, 6.45) is 2.29. The number of nitrogens with one attached hydrogen (secondary N) is 1. The fourth-order valence-corrected chi connectivity index (χ4v) is 2.28. The van der Waals surface area contributed by atoms with Gasteiger partial charge in [0.2, 0.25) is 0 Å². The lowest BCUT2D eigenvalue weighted by atomic mass is 10.2. The summed E-state index contributed by atoms with van der Waals surface area (Å²) in [5.41, 5.74) is 0.884. The van der Waals surface area contributed by atoms with E-state index in [1.807, 2.05) is 13.0 Å². The minimum atomic E-state index is -3.18. The second-order valence-corrected chi connectivity index (χ2v) is 6.37. The van der Waals surface area contributed by atoms with Gasteiger partial charge in [-0.05, 0) is 43.7 Å². The Morgan fingerprint density at radius 3 is 2.56 bits per heavy atom. The molecule has 0 atom stereocenters. The first kappa shape index (κ1) is 15.0. The molecule has 0 radical (unpaired) electrons. The minimum Gasteiger partial charge on any atom is -0.492 e. The third-order valence-corrected chi connectivity index (χ3v) is 3.52. The number of rotatable bonds is 7. The highest BCUT2D eigenvalue weighted by Gasteiger charge is 2.09. The molecule has 1 aromatic rings. The largest absolute Gasteiger partial charge is 0.492 e. The number of hydrogen-bond acceptors (Lipinski definition) is 4. The van der Waals surface area contributed by atoms with Gasteiger partial charge < -0.3 is 10.1 Å². The molecule has 5 heteroatoms. The topological polar surface area (TPSA) is 55.4 Å².